The van der Waals surface area contributed by atoms with Gasteiger partial charge in [0.25, 0.3) is 0 Å². The minimum atomic E-state index is -1.86. The van der Waals surface area contributed by atoms with E-state index >= 15 is 0 Å². The van der Waals surface area contributed by atoms with Crippen LogP contribution in [0.2, 0.25) is 19.6 Å². The summed E-state index contributed by atoms with van der Waals surface area (Å²) in [4.78, 5) is 12.9. The smallest absolute Gasteiger partial charge is 0.242 e. The van der Waals surface area contributed by atoms with E-state index in [1.807, 2.05) is 32.1 Å². The maximum absolute atomic E-state index is 12.9. The number of carbonyl (C=O) groups is 1. The molecule has 59 heavy (non-hydrogen) atoms. The molecule has 0 bridgehead atoms. The van der Waals surface area contributed by atoms with Gasteiger partial charge in [-0.3, -0.25) is 4.79 Å². The predicted molar refractivity (Wildman–Crippen MR) is 233 cm³/mol. The summed E-state index contributed by atoms with van der Waals surface area (Å²) in [6.45, 7) is 14.9. The van der Waals surface area contributed by atoms with Crippen molar-refractivity contribution in [3.63, 3.8) is 0 Å². The van der Waals surface area contributed by atoms with Crippen LogP contribution in [0.3, 0.4) is 0 Å². The molecule has 0 spiro atoms. The maximum Gasteiger partial charge on any atom is 0.242 e. The van der Waals surface area contributed by atoms with Gasteiger partial charge in [-0.15, -0.1) is 0 Å². The molecule has 1 unspecified atom stereocenters. The number of benzene rings is 4. The van der Waals surface area contributed by atoms with Crippen LogP contribution >= 0.6 is 0 Å². The van der Waals surface area contributed by atoms with Gasteiger partial charge < -0.3 is 47.4 Å². The van der Waals surface area contributed by atoms with Gasteiger partial charge in [-0.05, 0) is 162 Å². The standard InChI is InChI=1S/C25H34O5Si.C22H26O6/c1-25(2)12-11-19-16-18(9-10-20(19)29-25)21(30-31(6,7)8)13-17-14-22(26-3)24(28-5)23(15-17)27-4;1-22(2)9-8-13-10-14(6-7-16(13)28-22)19(23)20(24)15-11-17(25-3)21(27-5)18(12-15)26-4/h9-10,13-16H,11-12H2,1-8H3;6-7,10-12,20,24H,8-9H2,1-5H3/b21-13-;. The summed E-state index contributed by atoms with van der Waals surface area (Å²) in [5.41, 5.74) is 4.61. The lowest BCUT2D eigenvalue weighted by Crippen LogP contribution is -2.32. The Kier molecular flexibility index (Phi) is 13.9. The van der Waals surface area contributed by atoms with Crippen LogP contribution in [-0.2, 0) is 17.3 Å². The third-order valence-electron chi connectivity index (χ3n) is 10.1. The molecule has 2 aliphatic heterocycles. The molecule has 0 saturated carbocycles. The number of carbonyl (C=O) groups excluding carboxylic acids is 1. The first kappa shape index (κ1) is 44.8. The SMILES string of the molecule is COc1cc(/C=C(\O[Si](C)(C)C)c2ccc3c(c2)CCC(C)(C)O3)cc(OC)c1OC.COc1cc(C(O)C(=O)c2ccc3c(c2)CCC(C)(C)O3)cc(OC)c1OC. The zero-order valence-electron chi connectivity index (χ0n) is 36.8. The largest absolute Gasteiger partial charge is 0.544 e. The Hall–Kier alpha value is -5.33. The average Bonchev–Trinajstić information content (AvgIpc) is 3.20. The number of ether oxygens (including phenoxy) is 8. The number of Topliss-reactive ketones (excluding diaryl/α,β-unsaturated/α-hetero) is 1. The molecule has 2 aliphatic rings. The first-order valence-corrected chi connectivity index (χ1v) is 23.1. The van der Waals surface area contributed by atoms with Crippen LogP contribution in [-0.4, -0.2) is 73.1 Å². The highest BCUT2D eigenvalue weighted by Gasteiger charge is 2.30. The van der Waals surface area contributed by atoms with Crippen molar-refractivity contribution in [1.29, 1.82) is 0 Å². The van der Waals surface area contributed by atoms with E-state index in [9.17, 15) is 9.90 Å². The van der Waals surface area contributed by atoms with Crippen molar-refractivity contribution in [2.75, 3.05) is 42.7 Å². The summed E-state index contributed by atoms with van der Waals surface area (Å²) in [6, 6.07) is 18.6. The van der Waals surface area contributed by atoms with E-state index in [1.165, 1.54) is 26.9 Å². The molecule has 11 nitrogen and oxygen atoms in total. The molecule has 6 rings (SSSR count). The number of methoxy groups -OCH3 is 6. The van der Waals surface area contributed by atoms with E-state index in [4.69, 9.17) is 42.3 Å². The van der Waals surface area contributed by atoms with Crippen LogP contribution in [0.5, 0.6) is 46.0 Å². The average molecular weight is 829 g/mol. The molecule has 1 atom stereocenters. The molecule has 2 heterocycles. The number of ketones is 1. The molecule has 0 fully saturated rings. The number of aliphatic hydroxyl groups is 1. The van der Waals surface area contributed by atoms with Crippen molar-refractivity contribution < 1.29 is 52.2 Å². The summed E-state index contributed by atoms with van der Waals surface area (Å²) in [5.74, 6) is 5.14. The number of rotatable bonds is 13. The van der Waals surface area contributed by atoms with E-state index in [2.05, 4.69) is 51.7 Å². The monoisotopic (exact) mass is 828 g/mol. The topological polar surface area (TPSA) is 120 Å². The van der Waals surface area contributed by atoms with Gasteiger partial charge in [-0.25, -0.2) is 0 Å². The van der Waals surface area contributed by atoms with Gasteiger partial charge in [0, 0.05) is 11.1 Å². The number of hydrogen-bond acceptors (Lipinski definition) is 11. The quantitative estimate of drug-likeness (QED) is 0.0600. The van der Waals surface area contributed by atoms with Gasteiger partial charge in [0.2, 0.25) is 19.8 Å². The van der Waals surface area contributed by atoms with Gasteiger partial charge >= 0.3 is 0 Å². The van der Waals surface area contributed by atoms with E-state index in [0.717, 1.165) is 59.6 Å². The predicted octanol–water partition coefficient (Wildman–Crippen LogP) is 9.90. The third kappa shape index (κ3) is 10.8. The lowest BCUT2D eigenvalue weighted by atomic mass is 9.91. The Labute approximate surface area is 350 Å². The van der Waals surface area contributed by atoms with Crippen molar-refractivity contribution >= 4 is 25.9 Å². The molecular formula is C47H60O11Si. The molecule has 0 amide bonds. The number of fused-ring (bicyclic) bond motifs is 2. The van der Waals surface area contributed by atoms with E-state index in [0.29, 0.717) is 45.6 Å². The molecule has 1 N–H and O–H groups in total. The van der Waals surface area contributed by atoms with Gasteiger partial charge in [-0.1, -0.05) is 0 Å². The number of aliphatic hydroxyl groups excluding tert-OH is 1. The molecule has 318 valence electrons. The Balaban J connectivity index is 0.000000225. The first-order valence-electron chi connectivity index (χ1n) is 19.7. The van der Waals surface area contributed by atoms with Crippen molar-refractivity contribution in [1.82, 2.24) is 0 Å². The lowest BCUT2D eigenvalue weighted by Gasteiger charge is -2.33. The van der Waals surface area contributed by atoms with E-state index in [-0.39, 0.29) is 11.2 Å². The van der Waals surface area contributed by atoms with Crippen LogP contribution in [0.15, 0.2) is 60.7 Å². The molecule has 4 aromatic carbocycles. The van der Waals surface area contributed by atoms with Gasteiger partial charge in [0.1, 0.15) is 34.6 Å². The Bertz CT molecular complexity index is 2120. The van der Waals surface area contributed by atoms with Crippen LogP contribution < -0.4 is 37.9 Å². The summed E-state index contributed by atoms with van der Waals surface area (Å²) in [6.07, 6.45) is 4.35. The van der Waals surface area contributed by atoms with Crippen molar-refractivity contribution in [2.45, 2.75) is 90.3 Å². The molecule has 0 aromatic heterocycles. The van der Waals surface area contributed by atoms with Crippen molar-refractivity contribution in [3.8, 4) is 46.0 Å². The van der Waals surface area contributed by atoms with Crippen molar-refractivity contribution in [2.24, 2.45) is 0 Å². The van der Waals surface area contributed by atoms with Crippen LogP contribution in [0.4, 0.5) is 0 Å². The highest BCUT2D eigenvalue weighted by molar-refractivity contribution is 6.70. The van der Waals surface area contributed by atoms with Crippen LogP contribution in [0.1, 0.15) is 84.8 Å². The fraction of sp³-hybridized carbons (Fsp3) is 0.426. The highest BCUT2D eigenvalue weighted by atomic mass is 28.4. The zero-order valence-corrected chi connectivity index (χ0v) is 37.8. The summed E-state index contributed by atoms with van der Waals surface area (Å²) in [7, 11) is 7.45. The normalized spacial score (nSPS) is 15.7. The molecule has 0 saturated heterocycles. The zero-order chi connectivity index (χ0) is 43.3. The van der Waals surface area contributed by atoms with Crippen LogP contribution in [0.25, 0.3) is 11.8 Å². The second-order valence-corrected chi connectivity index (χ2v) is 21.2. The minimum Gasteiger partial charge on any atom is -0.544 e. The Morgan fingerprint density at radius 3 is 1.49 bits per heavy atom. The summed E-state index contributed by atoms with van der Waals surface area (Å²) >= 11 is 0. The fourth-order valence-electron chi connectivity index (χ4n) is 7.03. The molecule has 0 aliphatic carbocycles. The second kappa shape index (κ2) is 18.3. The summed E-state index contributed by atoms with van der Waals surface area (Å²) < 4.78 is 51.0. The van der Waals surface area contributed by atoms with Crippen LogP contribution in [0, 0.1) is 0 Å². The van der Waals surface area contributed by atoms with E-state index in [1.54, 1.807) is 51.7 Å². The van der Waals surface area contributed by atoms with Gasteiger partial charge in [0.05, 0.1) is 42.7 Å². The minimum absolute atomic E-state index is 0.127. The molecule has 12 heteroatoms. The Morgan fingerprint density at radius 1 is 0.644 bits per heavy atom. The first-order chi connectivity index (χ1) is 27.8. The lowest BCUT2D eigenvalue weighted by molar-refractivity contribution is 0.0743. The van der Waals surface area contributed by atoms with Crippen molar-refractivity contribution in [3.05, 3.63) is 94.0 Å². The van der Waals surface area contributed by atoms with E-state index < -0.39 is 20.2 Å². The second-order valence-electron chi connectivity index (χ2n) is 16.8. The maximum atomic E-state index is 12.9. The third-order valence-corrected chi connectivity index (χ3v) is 10.9. The number of hydrogen-bond donors (Lipinski definition) is 1. The molecule has 4 aromatic rings. The number of aryl methyl sites for hydroxylation is 2. The summed E-state index contributed by atoms with van der Waals surface area (Å²) in [5, 5.41) is 10.7. The van der Waals surface area contributed by atoms with Gasteiger partial charge in [-0.2, -0.15) is 0 Å². The van der Waals surface area contributed by atoms with Gasteiger partial charge in [0.15, 0.2) is 28.8 Å². The fourth-order valence-corrected chi connectivity index (χ4v) is 7.87. The Morgan fingerprint density at radius 2 is 1.07 bits per heavy atom. The highest BCUT2D eigenvalue weighted by Crippen LogP contribution is 2.42. The molecule has 0 radical (unpaired) electrons. The molecular weight excluding hydrogens is 769 g/mol.